The molecule has 3 heteroatoms. The maximum absolute atomic E-state index is 11.4. The van der Waals surface area contributed by atoms with Crippen molar-refractivity contribution in [1.29, 1.82) is 0 Å². The van der Waals surface area contributed by atoms with Crippen LogP contribution in [0.3, 0.4) is 0 Å². The molecular formula is C13H19NO2. The Bertz CT molecular complexity index is 364. The summed E-state index contributed by atoms with van der Waals surface area (Å²) in [6.45, 7) is 6.86. The first-order valence-corrected chi connectivity index (χ1v) is 5.60. The monoisotopic (exact) mass is 221 g/mol. The van der Waals surface area contributed by atoms with Gasteiger partial charge in [0.05, 0.1) is 0 Å². The number of amides is 1. The molecule has 1 heterocycles. The molecular weight excluding hydrogens is 202 g/mol. The highest BCUT2D eigenvalue weighted by molar-refractivity contribution is 5.91. The number of rotatable bonds is 5. The third kappa shape index (κ3) is 4.82. The van der Waals surface area contributed by atoms with Crippen molar-refractivity contribution in [3.8, 4) is 0 Å². The molecule has 16 heavy (non-hydrogen) atoms. The predicted molar refractivity (Wildman–Crippen MR) is 64.9 cm³/mol. The molecule has 0 radical (unpaired) electrons. The minimum atomic E-state index is -0.0743. The number of carbonyl (C=O) groups is 1. The first kappa shape index (κ1) is 12.6. The Labute approximate surface area is 96.5 Å². The van der Waals surface area contributed by atoms with Gasteiger partial charge in [-0.1, -0.05) is 13.8 Å². The summed E-state index contributed by atoms with van der Waals surface area (Å²) >= 11 is 0. The zero-order valence-corrected chi connectivity index (χ0v) is 10.1. The van der Waals surface area contributed by atoms with E-state index >= 15 is 0 Å². The van der Waals surface area contributed by atoms with Gasteiger partial charge < -0.3 is 9.73 Å². The molecule has 1 aromatic rings. The number of furan rings is 1. The van der Waals surface area contributed by atoms with Gasteiger partial charge in [0.2, 0.25) is 5.91 Å². The molecule has 0 spiro atoms. The smallest absolute Gasteiger partial charge is 0.244 e. The Morgan fingerprint density at radius 3 is 2.81 bits per heavy atom. The number of nitrogens with one attached hydrogen (secondary N) is 1. The standard InChI is InChI=1S/C13H19NO2/c1-10(2)8-9-14-13(15)7-6-12-5-4-11(3)16-12/h4-7,10H,8-9H2,1-3H3,(H,14,15). The van der Waals surface area contributed by atoms with Gasteiger partial charge in [0, 0.05) is 12.6 Å². The summed E-state index contributed by atoms with van der Waals surface area (Å²) in [7, 11) is 0. The van der Waals surface area contributed by atoms with Crippen LogP contribution >= 0.6 is 0 Å². The molecule has 0 aliphatic carbocycles. The number of hydrogen-bond donors (Lipinski definition) is 1. The maximum Gasteiger partial charge on any atom is 0.244 e. The Morgan fingerprint density at radius 2 is 2.25 bits per heavy atom. The van der Waals surface area contributed by atoms with E-state index in [0.717, 1.165) is 18.7 Å². The van der Waals surface area contributed by atoms with Crippen molar-refractivity contribution in [1.82, 2.24) is 5.32 Å². The lowest BCUT2D eigenvalue weighted by Crippen LogP contribution is -2.23. The van der Waals surface area contributed by atoms with E-state index in [0.29, 0.717) is 11.7 Å². The molecule has 88 valence electrons. The molecule has 0 atom stereocenters. The Balaban J connectivity index is 2.31. The number of hydrogen-bond acceptors (Lipinski definition) is 2. The highest BCUT2D eigenvalue weighted by Crippen LogP contribution is 2.07. The summed E-state index contributed by atoms with van der Waals surface area (Å²) < 4.78 is 5.31. The normalized spacial score (nSPS) is 11.2. The van der Waals surface area contributed by atoms with Crippen LogP contribution in [0.15, 0.2) is 22.6 Å². The molecule has 0 saturated carbocycles. The van der Waals surface area contributed by atoms with Crippen molar-refractivity contribution in [2.24, 2.45) is 5.92 Å². The van der Waals surface area contributed by atoms with Crippen molar-refractivity contribution in [3.63, 3.8) is 0 Å². The lowest BCUT2D eigenvalue weighted by Gasteiger charge is -2.04. The third-order valence-corrected chi connectivity index (χ3v) is 2.18. The lowest BCUT2D eigenvalue weighted by molar-refractivity contribution is -0.116. The summed E-state index contributed by atoms with van der Waals surface area (Å²) in [6, 6.07) is 3.71. The summed E-state index contributed by atoms with van der Waals surface area (Å²) in [6.07, 6.45) is 4.18. The molecule has 0 aliphatic rings. The van der Waals surface area contributed by atoms with Crippen LogP contribution in [0.1, 0.15) is 31.8 Å². The van der Waals surface area contributed by atoms with Crippen LogP contribution < -0.4 is 5.32 Å². The van der Waals surface area contributed by atoms with E-state index in [1.807, 2.05) is 19.1 Å². The van der Waals surface area contributed by atoms with Crippen molar-refractivity contribution in [3.05, 3.63) is 29.7 Å². The summed E-state index contributed by atoms with van der Waals surface area (Å²) in [5, 5.41) is 2.82. The Hall–Kier alpha value is -1.51. The van der Waals surface area contributed by atoms with Crippen molar-refractivity contribution in [2.45, 2.75) is 27.2 Å². The molecule has 1 N–H and O–H groups in total. The second-order valence-corrected chi connectivity index (χ2v) is 4.26. The van der Waals surface area contributed by atoms with E-state index in [1.165, 1.54) is 6.08 Å². The third-order valence-electron chi connectivity index (χ3n) is 2.18. The molecule has 0 unspecified atom stereocenters. The fraction of sp³-hybridized carbons (Fsp3) is 0.462. The number of aryl methyl sites for hydroxylation is 1. The van der Waals surface area contributed by atoms with E-state index < -0.39 is 0 Å². The zero-order chi connectivity index (χ0) is 12.0. The fourth-order valence-corrected chi connectivity index (χ4v) is 1.24. The van der Waals surface area contributed by atoms with E-state index in [9.17, 15) is 4.79 Å². The van der Waals surface area contributed by atoms with Crippen LogP contribution in [-0.4, -0.2) is 12.5 Å². The molecule has 1 aromatic heterocycles. The first-order valence-electron chi connectivity index (χ1n) is 5.60. The fourth-order valence-electron chi connectivity index (χ4n) is 1.24. The van der Waals surface area contributed by atoms with Gasteiger partial charge in [-0.15, -0.1) is 0 Å². The SMILES string of the molecule is Cc1ccc(C=CC(=O)NCCC(C)C)o1. The van der Waals surface area contributed by atoms with Crippen LogP contribution in [0.5, 0.6) is 0 Å². The van der Waals surface area contributed by atoms with Gasteiger partial charge in [0.1, 0.15) is 11.5 Å². The molecule has 0 saturated heterocycles. The summed E-state index contributed by atoms with van der Waals surface area (Å²) in [4.78, 5) is 11.4. The second-order valence-electron chi connectivity index (χ2n) is 4.26. The second kappa shape index (κ2) is 6.16. The van der Waals surface area contributed by atoms with Gasteiger partial charge in [-0.2, -0.15) is 0 Å². The van der Waals surface area contributed by atoms with E-state index in [1.54, 1.807) is 6.08 Å². The van der Waals surface area contributed by atoms with Crippen molar-refractivity contribution < 1.29 is 9.21 Å². The Kier molecular flexibility index (Phi) is 4.83. The molecule has 1 rings (SSSR count). The first-order chi connectivity index (χ1) is 7.58. The molecule has 0 aromatic carbocycles. The molecule has 0 fully saturated rings. The number of carbonyl (C=O) groups excluding carboxylic acids is 1. The van der Waals surface area contributed by atoms with Gasteiger partial charge in [0.25, 0.3) is 0 Å². The Morgan fingerprint density at radius 1 is 1.50 bits per heavy atom. The summed E-state index contributed by atoms with van der Waals surface area (Å²) in [5.74, 6) is 2.09. The predicted octanol–water partition coefficient (Wildman–Crippen LogP) is 2.76. The average Bonchev–Trinajstić information content (AvgIpc) is 2.61. The molecule has 3 nitrogen and oxygen atoms in total. The van der Waals surface area contributed by atoms with Crippen molar-refractivity contribution >= 4 is 12.0 Å². The zero-order valence-electron chi connectivity index (χ0n) is 10.1. The average molecular weight is 221 g/mol. The van der Waals surface area contributed by atoms with Gasteiger partial charge >= 0.3 is 0 Å². The molecule has 1 amide bonds. The van der Waals surface area contributed by atoms with Gasteiger partial charge in [0.15, 0.2) is 0 Å². The minimum Gasteiger partial charge on any atom is -0.462 e. The van der Waals surface area contributed by atoms with E-state index in [-0.39, 0.29) is 5.91 Å². The quantitative estimate of drug-likeness (QED) is 0.777. The van der Waals surface area contributed by atoms with Crippen LogP contribution in [0, 0.1) is 12.8 Å². The highest BCUT2D eigenvalue weighted by Gasteiger charge is 1.98. The van der Waals surface area contributed by atoms with Gasteiger partial charge in [-0.05, 0) is 37.5 Å². The lowest BCUT2D eigenvalue weighted by atomic mass is 10.1. The van der Waals surface area contributed by atoms with E-state index in [4.69, 9.17) is 4.42 Å². The molecule has 0 aliphatic heterocycles. The van der Waals surface area contributed by atoms with Gasteiger partial charge in [-0.25, -0.2) is 0 Å². The van der Waals surface area contributed by atoms with Crippen LogP contribution in [0.2, 0.25) is 0 Å². The minimum absolute atomic E-state index is 0.0743. The largest absolute Gasteiger partial charge is 0.462 e. The van der Waals surface area contributed by atoms with Gasteiger partial charge in [-0.3, -0.25) is 4.79 Å². The topological polar surface area (TPSA) is 42.2 Å². The highest BCUT2D eigenvalue weighted by atomic mass is 16.3. The van der Waals surface area contributed by atoms with E-state index in [2.05, 4.69) is 19.2 Å². The van der Waals surface area contributed by atoms with Crippen LogP contribution in [-0.2, 0) is 4.79 Å². The maximum atomic E-state index is 11.4. The molecule has 0 bridgehead atoms. The van der Waals surface area contributed by atoms with Crippen molar-refractivity contribution in [2.75, 3.05) is 6.54 Å². The summed E-state index contributed by atoms with van der Waals surface area (Å²) in [5.41, 5.74) is 0. The van der Waals surface area contributed by atoms with Crippen LogP contribution in [0.25, 0.3) is 6.08 Å². The van der Waals surface area contributed by atoms with Crippen LogP contribution in [0.4, 0.5) is 0 Å².